The van der Waals surface area contributed by atoms with Crippen molar-refractivity contribution in [2.24, 2.45) is 5.92 Å². The van der Waals surface area contributed by atoms with Crippen LogP contribution in [0.1, 0.15) is 31.9 Å². The largest absolute Gasteiger partial charge is 0.393 e. The number of nitrogens with zero attached hydrogens (tertiary/aromatic N) is 2. The molecule has 0 bridgehead atoms. The zero-order chi connectivity index (χ0) is 14.9. The predicted octanol–water partition coefficient (Wildman–Crippen LogP) is 1.86. The Morgan fingerprint density at radius 1 is 1.50 bits per heavy atom. The fraction of sp³-hybridized carbons (Fsp3) is 0.571. The van der Waals surface area contributed by atoms with Crippen molar-refractivity contribution in [2.45, 2.75) is 32.5 Å². The minimum atomic E-state index is -0.732. The van der Waals surface area contributed by atoms with E-state index >= 15 is 0 Å². The van der Waals surface area contributed by atoms with E-state index in [1.807, 2.05) is 11.8 Å². The molecule has 110 valence electrons. The summed E-state index contributed by atoms with van der Waals surface area (Å²) >= 11 is 0. The molecule has 20 heavy (non-hydrogen) atoms. The SMILES string of the molecule is CC(O)c1ccc(N2CCC(O)C(C)C2)c([N+](=O)[O-])c1. The molecule has 1 saturated heterocycles. The summed E-state index contributed by atoms with van der Waals surface area (Å²) in [5, 5.41) is 30.5. The number of piperidine rings is 1. The van der Waals surface area contributed by atoms with E-state index in [2.05, 4.69) is 0 Å². The topological polar surface area (TPSA) is 86.8 Å². The standard InChI is InChI=1S/C14H20N2O4/c1-9-8-15(6-5-14(9)18)12-4-3-11(10(2)17)7-13(12)16(19)20/h3-4,7,9-10,14,17-18H,5-6,8H2,1-2H3. The van der Waals surface area contributed by atoms with Crippen LogP contribution in [0, 0.1) is 16.0 Å². The van der Waals surface area contributed by atoms with Crippen LogP contribution >= 0.6 is 0 Å². The number of rotatable bonds is 3. The number of nitro groups is 1. The molecule has 1 fully saturated rings. The summed E-state index contributed by atoms with van der Waals surface area (Å²) in [5.74, 6) is 0.0831. The average Bonchev–Trinajstić information content (AvgIpc) is 2.41. The quantitative estimate of drug-likeness (QED) is 0.652. The Bertz CT molecular complexity index is 504. The first-order chi connectivity index (χ1) is 9.40. The lowest BCUT2D eigenvalue weighted by Crippen LogP contribution is -2.42. The van der Waals surface area contributed by atoms with Gasteiger partial charge in [0.2, 0.25) is 0 Å². The zero-order valence-electron chi connectivity index (χ0n) is 11.7. The summed E-state index contributed by atoms with van der Waals surface area (Å²) in [5.41, 5.74) is 1.09. The minimum absolute atomic E-state index is 0.00647. The molecule has 1 aliphatic heterocycles. The molecule has 0 radical (unpaired) electrons. The maximum absolute atomic E-state index is 11.2. The summed E-state index contributed by atoms with van der Waals surface area (Å²) in [7, 11) is 0. The summed E-state index contributed by atoms with van der Waals surface area (Å²) in [6.07, 6.45) is -0.469. The van der Waals surface area contributed by atoms with E-state index in [1.54, 1.807) is 19.1 Å². The molecule has 3 atom stereocenters. The molecule has 6 heteroatoms. The van der Waals surface area contributed by atoms with Crippen molar-refractivity contribution in [2.75, 3.05) is 18.0 Å². The predicted molar refractivity (Wildman–Crippen MR) is 75.7 cm³/mol. The highest BCUT2D eigenvalue weighted by Gasteiger charge is 2.28. The molecular formula is C14H20N2O4. The second kappa shape index (κ2) is 5.76. The fourth-order valence-corrected chi connectivity index (χ4v) is 2.57. The van der Waals surface area contributed by atoms with Gasteiger partial charge in [0.15, 0.2) is 0 Å². The van der Waals surface area contributed by atoms with Gasteiger partial charge in [0.05, 0.1) is 17.1 Å². The van der Waals surface area contributed by atoms with Crippen molar-refractivity contribution >= 4 is 11.4 Å². The van der Waals surface area contributed by atoms with Gasteiger partial charge in [-0.1, -0.05) is 13.0 Å². The number of aliphatic hydroxyl groups excluding tert-OH is 2. The van der Waals surface area contributed by atoms with Crippen molar-refractivity contribution in [3.63, 3.8) is 0 Å². The number of anilines is 1. The second-order valence-corrected chi connectivity index (χ2v) is 5.46. The molecule has 0 amide bonds. The Kier molecular flexibility index (Phi) is 4.25. The highest BCUT2D eigenvalue weighted by atomic mass is 16.6. The lowest BCUT2D eigenvalue weighted by atomic mass is 9.96. The number of hydrogen-bond acceptors (Lipinski definition) is 5. The summed E-state index contributed by atoms with van der Waals surface area (Å²) in [6, 6.07) is 4.82. The third-order valence-corrected chi connectivity index (χ3v) is 3.88. The first kappa shape index (κ1) is 14.7. The number of benzene rings is 1. The average molecular weight is 280 g/mol. The van der Waals surface area contributed by atoms with E-state index in [0.717, 1.165) is 0 Å². The number of nitro benzene ring substituents is 1. The summed E-state index contributed by atoms with van der Waals surface area (Å²) in [6.45, 7) is 4.71. The first-order valence-corrected chi connectivity index (χ1v) is 6.79. The molecular weight excluding hydrogens is 260 g/mol. The van der Waals surface area contributed by atoms with Gasteiger partial charge in [-0.2, -0.15) is 0 Å². The molecule has 6 nitrogen and oxygen atoms in total. The number of hydrogen-bond donors (Lipinski definition) is 2. The molecule has 0 spiro atoms. The van der Waals surface area contributed by atoms with Crippen LogP contribution in [0.5, 0.6) is 0 Å². The van der Waals surface area contributed by atoms with E-state index in [1.165, 1.54) is 6.07 Å². The molecule has 2 rings (SSSR count). The van der Waals surface area contributed by atoms with Crippen LogP contribution in [0.2, 0.25) is 0 Å². The highest BCUT2D eigenvalue weighted by Crippen LogP contribution is 2.33. The van der Waals surface area contributed by atoms with Gasteiger partial charge in [-0.15, -0.1) is 0 Å². The maximum atomic E-state index is 11.2. The van der Waals surface area contributed by atoms with Crippen LogP contribution < -0.4 is 4.90 Å². The molecule has 1 aromatic carbocycles. The Hall–Kier alpha value is -1.66. The Balaban J connectivity index is 2.33. The van der Waals surface area contributed by atoms with E-state index < -0.39 is 11.0 Å². The van der Waals surface area contributed by atoms with Crippen LogP contribution in [0.4, 0.5) is 11.4 Å². The smallest absolute Gasteiger partial charge is 0.292 e. The molecule has 0 aliphatic carbocycles. The van der Waals surface area contributed by atoms with Gasteiger partial charge in [-0.25, -0.2) is 0 Å². The molecule has 1 heterocycles. The van der Waals surface area contributed by atoms with Crippen LogP contribution in [-0.4, -0.2) is 34.3 Å². The van der Waals surface area contributed by atoms with Crippen LogP contribution in [-0.2, 0) is 0 Å². The van der Waals surface area contributed by atoms with Gasteiger partial charge in [0, 0.05) is 19.2 Å². The normalized spacial score (nSPS) is 24.5. The molecule has 1 aromatic rings. The summed E-state index contributed by atoms with van der Waals surface area (Å²) < 4.78 is 0. The lowest BCUT2D eigenvalue weighted by Gasteiger charge is -2.35. The number of aliphatic hydroxyl groups is 2. The van der Waals surface area contributed by atoms with Crippen molar-refractivity contribution in [3.8, 4) is 0 Å². The van der Waals surface area contributed by atoms with Crippen molar-refractivity contribution in [1.29, 1.82) is 0 Å². The molecule has 0 aromatic heterocycles. The van der Waals surface area contributed by atoms with Gasteiger partial charge in [0.1, 0.15) is 5.69 Å². The van der Waals surface area contributed by atoms with Crippen LogP contribution in [0.15, 0.2) is 18.2 Å². The van der Waals surface area contributed by atoms with Gasteiger partial charge >= 0.3 is 0 Å². The molecule has 3 unspecified atom stereocenters. The monoisotopic (exact) mass is 280 g/mol. The van der Waals surface area contributed by atoms with E-state index in [4.69, 9.17) is 0 Å². The van der Waals surface area contributed by atoms with Crippen molar-refractivity contribution < 1.29 is 15.1 Å². The molecule has 1 aliphatic rings. The van der Waals surface area contributed by atoms with Crippen molar-refractivity contribution in [1.82, 2.24) is 0 Å². The summed E-state index contributed by atoms with van der Waals surface area (Å²) in [4.78, 5) is 12.7. The van der Waals surface area contributed by atoms with E-state index in [-0.39, 0.29) is 17.7 Å². The van der Waals surface area contributed by atoms with Gasteiger partial charge < -0.3 is 15.1 Å². The van der Waals surface area contributed by atoms with Crippen molar-refractivity contribution in [3.05, 3.63) is 33.9 Å². The van der Waals surface area contributed by atoms with Gasteiger partial charge in [-0.05, 0) is 30.9 Å². The van der Waals surface area contributed by atoms with Crippen LogP contribution in [0.25, 0.3) is 0 Å². The third kappa shape index (κ3) is 2.91. The van der Waals surface area contributed by atoms with Gasteiger partial charge in [-0.3, -0.25) is 10.1 Å². The van der Waals surface area contributed by atoms with Gasteiger partial charge in [0.25, 0.3) is 5.69 Å². The maximum Gasteiger partial charge on any atom is 0.292 e. The lowest BCUT2D eigenvalue weighted by molar-refractivity contribution is -0.384. The Morgan fingerprint density at radius 3 is 2.75 bits per heavy atom. The highest BCUT2D eigenvalue weighted by molar-refractivity contribution is 5.64. The zero-order valence-corrected chi connectivity index (χ0v) is 11.7. The third-order valence-electron chi connectivity index (χ3n) is 3.88. The second-order valence-electron chi connectivity index (χ2n) is 5.46. The molecule has 2 N–H and O–H groups in total. The minimum Gasteiger partial charge on any atom is -0.393 e. The fourth-order valence-electron chi connectivity index (χ4n) is 2.57. The first-order valence-electron chi connectivity index (χ1n) is 6.79. The molecule has 0 saturated carbocycles. The van der Waals surface area contributed by atoms with Crippen LogP contribution in [0.3, 0.4) is 0 Å². The van der Waals surface area contributed by atoms with E-state index in [9.17, 15) is 20.3 Å². The van der Waals surface area contributed by atoms with E-state index in [0.29, 0.717) is 30.8 Å². The Labute approximate surface area is 117 Å². The Morgan fingerprint density at radius 2 is 2.20 bits per heavy atom.